The summed E-state index contributed by atoms with van der Waals surface area (Å²) in [7, 11) is -0.565. The molecule has 6 atom stereocenters. The first-order chi connectivity index (χ1) is 17.9. The largest absolute Gasteiger partial charge is 0.481 e. The number of aromatic nitrogens is 2. The Balaban J connectivity index is 1.56. The average Bonchev–Trinajstić information content (AvgIpc) is 3.17. The maximum absolute atomic E-state index is 14.0. The van der Waals surface area contributed by atoms with Crippen molar-refractivity contribution in [2.45, 2.75) is 123 Å². The normalized spacial score (nSPS) is 29.3. The summed E-state index contributed by atoms with van der Waals surface area (Å²) in [5.74, 6) is 0.104. The van der Waals surface area contributed by atoms with Crippen LogP contribution in [0.15, 0.2) is 18.6 Å². The maximum Gasteiger partial charge on any atom is 0.481 e. The second-order valence-electron chi connectivity index (χ2n) is 14.4. The Bertz CT molecular complexity index is 1060. The minimum Gasteiger partial charge on any atom is -0.404 e. The van der Waals surface area contributed by atoms with E-state index in [1.54, 1.807) is 0 Å². The van der Waals surface area contributed by atoms with Crippen LogP contribution in [-0.4, -0.2) is 63.8 Å². The number of carbonyl (C=O) groups is 2. The van der Waals surface area contributed by atoms with Crippen LogP contribution in [-0.2, 0) is 18.8 Å². The quantitative estimate of drug-likeness (QED) is 0.455. The molecule has 9 nitrogen and oxygen atoms in total. The van der Waals surface area contributed by atoms with E-state index in [9.17, 15) is 9.59 Å². The fraction of sp³-hybridized carbons (Fsp3) is 0.793. The summed E-state index contributed by atoms with van der Waals surface area (Å²) in [5.41, 5.74) is -1.61. The van der Waals surface area contributed by atoms with Gasteiger partial charge < -0.3 is 24.7 Å². The van der Waals surface area contributed by atoms with Gasteiger partial charge in [0.25, 0.3) is 5.91 Å². The average molecular weight is 543 g/mol. The van der Waals surface area contributed by atoms with Gasteiger partial charge in [-0.3, -0.25) is 14.6 Å². The highest BCUT2D eigenvalue weighted by Gasteiger charge is 2.68. The minimum atomic E-state index is -1.04. The number of ether oxygens (including phenoxy) is 1. The van der Waals surface area contributed by atoms with E-state index >= 15 is 0 Å². The molecule has 2 bridgehead atoms. The van der Waals surface area contributed by atoms with Crippen molar-refractivity contribution < 1.29 is 23.6 Å². The molecule has 4 fully saturated rings. The van der Waals surface area contributed by atoms with Gasteiger partial charge in [-0.2, -0.15) is 0 Å². The molecule has 1 aromatic heterocycles. The Kier molecular flexibility index (Phi) is 8.00. The van der Waals surface area contributed by atoms with Gasteiger partial charge in [-0.25, -0.2) is 4.98 Å². The Morgan fingerprint density at radius 1 is 1.13 bits per heavy atom. The van der Waals surface area contributed by atoms with E-state index in [1.165, 1.54) is 18.6 Å². The van der Waals surface area contributed by atoms with E-state index in [0.717, 1.165) is 12.8 Å². The van der Waals surface area contributed by atoms with Crippen LogP contribution in [0.2, 0.25) is 0 Å². The second-order valence-corrected chi connectivity index (χ2v) is 14.4. The molecule has 2 amide bonds. The van der Waals surface area contributed by atoms with Crippen LogP contribution in [0, 0.1) is 23.2 Å². The highest BCUT2D eigenvalue weighted by Crippen LogP contribution is 2.65. The number of rotatable bonds is 9. The Morgan fingerprint density at radius 2 is 1.82 bits per heavy atom. The molecule has 2 heterocycles. The van der Waals surface area contributed by atoms with Gasteiger partial charge in [0.2, 0.25) is 5.91 Å². The topological polar surface area (TPSA) is 112 Å². The van der Waals surface area contributed by atoms with Crippen molar-refractivity contribution in [1.29, 1.82) is 0 Å². The first kappa shape index (κ1) is 29.9. The highest BCUT2D eigenvalue weighted by atomic mass is 16.7. The smallest absolute Gasteiger partial charge is 0.404 e. The fourth-order valence-electron chi connectivity index (χ4n) is 7.11. The van der Waals surface area contributed by atoms with E-state index < -0.39 is 30.3 Å². The van der Waals surface area contributed by atoms with Crippen LogP contribution < -0.4 is 10.6 Å². The number of nitrogens with zero attached hydrogens (tertiary/aromatic N) is 2. The summed E-state index contributed by atoms with van der Waals surface area (Å²) in [5, 5.41) is 6.06. The lowest BCUT2D eigenvalue weighted by molar-refractivity contribution is -0.199. The minimum absolute atomic E-state index is 0.0126. The summed E-state index contributed by atoms with van der Waals surface area (Å²) in [6.45, 7) is 20.5. The molecule has 0 aromatic carbocycles. The first-order valence-electron chi connectivity index (χ1n) is 14.3. The number of nitrogens with one attached hydrogen (secondary N) is 2. The van der Waals surface area contributed by atoms with Crippen LogP contribution in [0.1, 0.15) is 99.0 Å². The molecule has 1 aromatic rings. The van der Waals surface area contributed by atoms with Gasteiger partial charge in [-0.05, 0) is 84.0 Å². The van der Waals surface area contributed by atoms with Crippen LogP contribution >= 0.6 is 0 Å². The number of amides is 2. The molecule has 0 spiro atoms. The third kappa shape index (κ3) is 6.03. The third-order valence-corrected chi connectivity index (χ3v) is 8.95. The zero-order valence-corrected chi connectivity index (χ0v) is 25.3. The molecule has 2 N–H and O–H groups in total. The van der Waals surface area contributed by atoms with Crippen LogP contribution in [0.4, 0.5) is 0 Å². The van der Waals surface area contributed by atoms with E-state index in [0.29, 0.717) is 18.3 Å². The number of carbonyl (C=O) groups excluding carboxylic acids is 2. The van der Waals surface area contributed by atoms with Crippen molar-refractivity contribution in [1.82, 2.24) is 20.6 Å². The molecule has 39 heavy (non-hydrogen) atoms. The summed E-state index contributed by atoms with van der Waals surface area (Å²) in [6.07, 6.45) is 7.13. The van der Waals surface area contributed by atoms with Gasteiger partial charge in [0, 0.05) is 12.4 Å². The lowest BCUT2D eigenvalue weighted by atomic mass is 9.43. The fourth-order valence-corrected chi connectivity index (χ4v) is 7.11. The van der Waals surface area contributed by atoms with Crippen molar-refractivity contribution in [3.8, 4) is 0 Å². The lowest BCUT2D eigenvalue weighted by Crippen LogP contribution is -2.65. The van der Waals surface area contributed by atoms with Crippen molar-refractivity contribution >= 4 is 18.9 Å². The standard InChI is InChI=1S/C29H47BN4O5/c1-17(2)13-22(30-37-21-15-18-14-20(27(18,6)7)29(21,10)39-30)33-25(36)23(28(8,9)38-26(3,4)5)34-24(35)19-16-31-11-12-32-19/h11-12,16-18,20-23H,13-15H2,1-10H3,(H,33,36)(H,34,35)/t18-,20-,21+,22-,23+,29-/m0/s1. The van der Waals surface area contributed by atoms with Gasteiger partial charge in [-0.1, -0.05) is 27.7 Å². The molecule has 0 unspecified atom stereocenters. The van der Waals surface area contributed by atoms with Crippen LogP contribution in [0.3, 0.4) is 0 Å². The van der Waals surface area contributed by atoms with Crippen molar-refractivity contribution in [3.05, 3.63) is 24.3 Å². The van der Waals surface area contributed by atoms with Gasteiger partial charge in [0.1, 0.15) is 11.7 Å². The second kappa shape index (κ2) is 10.4. The van der Waals surface area contributed by atoms with Crippen LogP contribution in [0.25, 0.3) is 0 Å². The zero-order chi connectivity index (χ0) is 29.0. The number of hydrogen-bond acceptors (Lipinski definition) is 7. The summed E-state index contributed by atoms with van der Waals surface area (Å²) in [6, 6.07) is -1.01. The molecule has 3 aliphatic carbocycles. The third-order valence-electron chi connectivity index (χ3n) is 8.95. The number of hydrogen-bond donors (Lipinski definition) is 2. The predicted octanol–water partition coefficient (Wildman–Crippen LogP) is 3.97. The van der Waals surface area contributed by atoms with Crippen LogP contribution in [0.5, 0.6) is 0 Å². The van der Waals surface area contributed by atoms with Crippen molar-refractivity contribution in [2.75, 3.05) is 0 Å². The van der Waals surface area contributed by atoms with Gasteiger partial charge in [0.15, 0.2) is 0 Å². The summed E-state index contributed by atoms with van der Waals surface area (Å²) in [4.78, 5) is 35.2. The monoisotopic (exact) mass is 542 g/mol. The molecule has 1 aliphatic heterocycles. The predicted molar refractivity (Wildman–Crippen MR) is 150 cm³/mol. The molecule has 216 valence electrons. The maximum atomic E-state index is 14.0. The molecule has 1 saturated heterocycles. The molecule has 5 rings (SSSR count). The van der Waals surface area contributed by atoms with E-state index in [-0.39, 0.29) is 40.6 Å². The van der Waals surface area contributed by atoms with Gasteiger partial charge >= 0.3 is 7.12 Å². The summed E-state index contributed by atoms with van der Waals surface area (Å²) < 4.78 is 19.6. The molecule has 0 radical (unpaired) electrons. The first-order valence-corrected chi connectivity index (χ1v) is 14.3. The molecule has 10 heteroatoms. The van der Waals surface area contributed by atoms with Crippen molar-refractivity contribution in [2.24, 2.45) is 23.2 Å². The molecular formula is C29H47BN4O5. The molecule has 4 aliphatic rings. The summed E-state index contributed by atoms with van der Waals surface area (Å²) >= 11 is 0. The SMILES string of the molecule is CC(C)C[C@H](NC(=O)[C@@H](NC(=O)c1cnccn1)C(C)(C)OC(C)(C)C)B1O[C@@H]2C[C@@H]3C[C@@H](C3(C)C)[C@]2(C)O1. The van der Waals surface area contributed by atoms with E-state index in [2.05, 4.69) is 55.2 Å². The van der Waals surface area contributed by atoms with E-state index in [1.807, 2.05) is 34.6 Å². The zero-order valence-electron chi connectivity index (χ0n) is 25.3. The van der Waals surface area contributed by atoms with E-state index in [4.69, 9.17) is 14.0 Å². The Morgan fingerprint density at radius 3 is 2.38 bits per heavy atom. The van der Waals surface area contributed by atoms with Gasteiger partial charge in [-0.15, -0.1) is 0 Å². The van der Waals surface area contributed by atoms with Crippen molar-refractivity contribution in [3.63, 3.8) is 0 Å². The Labute approximate surface area is 234 Å². The van der Waals surface area contributed by atoms with Gasteiger partial charge in [0.05, 0.1) is 35.0 Å². The Hall–Kier alpha value is -2.04. The molecule has 3 saturated carbocycles. The lowest BCUT2D eigenvalue weighted by Gasteiger charge is -2.64. The molecular weight excluding hydrogens is 495 g/mol. The highest BCUT2D eigenvalue weighted by molar-refractivity contribution is 6.48.